The predicted molar refractivity (Wildman–Crippen MR) is 91.9 cm³/mol. The third-order valence-electron chi connectivity index (χ3n) is 3.71. The Balaban J connectivity index is 1.52. The van der Waals surface area contributed by atoms with Gasteiger partial charge in [0, 0.05) is 6.54 Å². The lowest BCUT2D eigenvalue weighted by Gasteiger charge is -2.08. The average molecular weight is 427 g/mol. The Morgan fingerprint density at radius 1 is 1.23 bits per heavy atom. The summed E-state index contributed by atoms with van der Waals surface area (Å²) in [7, 11) is 0. The molecule has 3 aromatic heterocycles. The molecule has 0 aromatic carbocycles. The van der Waals surface area contributed by atoms with Crippen LogP contribution >= 0.6 is 0 Å². The maximum Gasteiger partial charge on any atom is 0.411 e. The molecule has 2 amide bonds. The second-order valence-electron chi connectivity index (χ2n) is 6.16. The number of nitrogens with zero attached hydrogens (tertiary/aromatic N) is 5. The van der Waals surface area contributed by atoms with Crippen LogP contribution in [0.5, 0.6) is 0 Å². The minimum Gasteiger partial charge on any atom is -0.362 e. The van der Waals surface area contributed by atoms with E-state index in [0.29, 0.717) is 22.6 Å². The van der Waals surface area contributed by atoms with E-state index in [1.165, 1.54) is 10.7 Å². The van der Waals surface area contributed by atoms with Crippen molar-refractivity contribution in [3.8, 4) is 0 Å². The third kappa shape index (κ3) is 5.73. The molecule has 3 rings (SSSR count). The van der Waals surface area contributed by atoms with Crippen molar-refractivity contribution in [2.45, 2.75) is 26.2 Å². The lowest BCUT2D eigenvalue weighted by Crippen LogP contribution is -2.29. The zero-order valence-corrected chi connectivity index (χ0v) is 15.6. The summed E-state index contributed by atoms with van der Waals surface area (Å²) < 4.78 is 46.2. The fourth-order valence-corrected chi connectivity index (χ4v) is 2.35. The van der Waals surface area contributed by atoms with Crippen molar-refractivity contribution < 1.29 is 32.1 Å². The number of ether oxygens (including phenoxy) is 1. The highest BCUT2D eigenvalue weighted by Gasteiger charge is 2.27. The molecule has 160 valence electrons. The number of imidazole rings is 1. The average Bonchev–Trinajstić information content (AvgIpc) is 3.28. The molecule has 2 N–H and O–H groups in total. The van der Waals surface area contributed by atoms with E-state index in [0.717, 1.165) is 0 Å². The smallest absolute Gasteiger partial charge is 0.362 e. The molecule has 0 aliphatic carbocycles. The van der Waals surface area contributed by atoms with E-state index < -0.39 is 31.2 Å². The Morgan fingerprint density at radius 2 is 2.03 bits per heavy atom. The van der Waals surface area contributed by atoms with E-state index in [1.807, 2.05) is 0 Å². The van der Waals surface area contributed by atoms with Gasteiger partial charge >= 0.3 is 6.18 Å². The summed E-state index contributed by atoms with van der Waals surface area (Å²) in [6.45, 7) is -0.466. The Bertz CT molecular complexity index is 1050. The number of hydrogen-bond donors (Lipinski definition) is 2. The molecule has 0 atom stereocenters. The van der Waals surface area contributed by atoms with E-state index >= 15 is 0 Å². The molecule has 3 aromatic rings. The van der Waals surface area contributed by atoms with Crippen molar-refractivity contribution in [3.63, 3.8) is 0 Å². The SMILES string of the molecule is Cc1nonc1C(=O)NCc1cn2ncc(CNC(=O)COCC(F)(F)F)cc2n1. The molecule has 0 saturated carbocycles. The number of aromatic nitrogens is 5. The number of amides is 2. The molecular formula is C16H16F3N7O4. The minimum atomic E-state index is -4.49. The van der Waals surface area contributed by atoms with E-state index in [2.05, 4.69) is 40.4 Å². The van der Waals surface area contributed by atoms with E-state index in [9.17, 15) is 22.8 Å². The maximum atomic E-state index is 12.0. The minimum absolute atomic E-state index is 0.0368. The molecule has 30 heavy (non-hydrogen) atoms. The number of nitrogens with one attached hydrogen (secondary N) is 2. The van der Waals surface area contributed by atoms with Gasteiger partial charge in [0.1, 0.15) is 18.9 Å². The lowest BCUT2D eigenvalue weighted by molar-refractivity contribution is -0.175. The first-order valence-electron chi connectivity index (χ1n) is 8.53. The third-order valence-corrected chi connectivity index (χ3v) is 3.71. The normalized spacial score (nSPS) is 11.6. The van der Waals surface area contributed by atoms with Crippen LogP contribution in [-0.2, 0) is 22.6 Å². The Morgan fingerprint density at radius 3 is 2.73 bits per heavy atom. The van der Waals surface area contributed by atoms with Crippen molar-refractivity contribution >= 4 is 17.5 Å². The molecular weight excluding hydrogens is 411 g/mol. The van der Waals surface area contributed by atoms with Crippen LogP contribution in [0.15, 0.2) is 23.1 Å². The van der Waals surface area contributed by atoms with Crippen molar-refractivity contribution in [1.82, 2.24) is 35.5 Å². The summed E-state index contributed by atoms with van der Waals surface area (Å²) >= 11 is 0. The van der Waals surface area contributed by atoms with Gasteiger partial charge in [0.15, 0.2) is 11.3 Å². The molecule has 3 heterocycles. The number of hydrogen-bond acceptors (Lipinski definition) is 8. The van der Waals surface area contributed by atoms with Crippen LogP contribution < -0.4 is 10.6 Å². The quantitative estimate of drug-likeness (QED) is 0.532. The van der Waals surface area contributed by atoms with Crippen LogP contribution in [-0.4, -0.2) is 56.1 Å². The van der Waals surface area contributed by atoms with E-state index in [4.69, 9.17) is 0 Å². The van der Waals surface area contributed by atoms with Crippen molar-refractivity contribution in [2.24, 2.45) is 0 Å². The second kappa shape index (κ2) is 8.86. The molecule has 0 bridgehead atoms. The van der Waals surface area contributed by atoms with Crippen LogP contribution in [0.3, 0.4) is 0 Å². The predicted octanol–water partition coefficient (Wildman–Crippen LogP) is 0.546. The van der Waals surface area contributed by atoms with Gasteiger partial charge in [0.25, 0.3) is 5.91 Å². The number of fused-ring (bicyclic) bond motifs is 1. The molecule has 0 radical (unpaired) electrons. The maximum absolute atomic E-state index is 12.0. The number of halogens is 3. The first kappa shape index (κ1) is 21.2. The number of carbonyl (C=O) groups is 2. The molecule has 11 nitrogen and oxygen atoms in total. The Kier molecular flexibility index (Phi) is 6.25. The van der Waals surface area contributed by atoms with Gasteiger partial charge < -0.3 is 15.4 Å². The van der Waals surface area contributed by atoms with Gasteiger partial charge in [-0.2, -0.15) is 18.3 Å². The molecule has 0 spiro atoms. The monoisotopic (exact) mass is 427 g/mol. The van der Waals surface area contributed by atoms with E-state index in [-0.39, 0.29) is 18.8 Å². The fourth-order valence-electron chi connectivity index (χ4n) is 2.35. The molecule has 14 heteroatoms. The topological polar surface area (TPSA) is 137 Å². The van der Waals surface area contributed by atoms with Gasteiger partial charge in [-0.25, -0.2) is 14.1 Å². The molecule has 0 fully saturated rings. The molecule has 0 aliphatic rings. The highest BCUT2D eigenvalue weighted by atomic mass is 19.4. The van der Waals surface area contributed by atoms with Gasteiger partial charge in [-0.3, -0.25) is 9.59 Å². The summed E-state index contributed by atoms with van der Waals surface area (Å²) in [4.78, 5) is 27.9. The van der Waals surface area contributed by atoms with Gasteiger partial charge in [-0.15, -0.1) is 0 Å². The molecule has 0 aliphatic heterocycles. The van der Waals surface area contributed by atoms with Crippen LogP contribution in [0, 0.1) is 6.92 Å². The fraction of sp³-hybridized carbons (Fsp3) is 0.375. The van der Waals surface area contributed by atoms with Crippen molar-refractivity contribution in [2.75, 3.05) is 13.2 Å². The molecule has 0 saturated heterocycles. The Hall–Kier alpha value is -3.55. The highest BCUT2D eigenvalue weighted by molar-refractivity contribution is 5.92. The summed E-state index contributed by atoms with van der Waals surface area (Å²) in [5, 5.41) is 16.2. The van der Waals surface area contributed by atoms with Gasteiger partial charge in [0.2, 0.25) is 5.91 Å². The van der Waals surface area contributed by atoms with Crippen LogP contribution in [0.1, 0.15) is 27.4 Å². The van der Waals surface area contributed by atoms with Crippen molar-refractivity contribution in [1.29, 1.82) is 0 Å². The zero-order chi connectivity index (χ0) is 21.7. The Labute approximate surface area is 166 Å². The summed E-state index contributed by atoms with van der Waals surface area (Å²) in [5.41, 5.74) is 2.00. The largest absolute Gasteiger partial charge is 0.411 e. The molecule has 0 unspecified atom stereocenters. The van der Waals surface area contributed by atoms with Crippen LogP contribution in [0.4, 0.5) is 13.2 Å². The van der Waals surface area contributed by atoms with Gasteiger partial charge in [0.05, 0.1) is 24.6 Å². The lowest BCUT2D eigenvalue weighted by atomic mass is 10.3. The van der Waals surface area contributed by atoms with Crippen LogP contribution in [0.25, 0.3) is 5.65 Å². The van der Waals surface area contributed by atoms with Gasteiger partial charge in [-0.05, 0) is 23.7 Å². The summed E-state index contributed by atoms with van der Waals surface area (Å²) in [6.07, 6.45) is -1.41. The summed E-state index contributed by atoms with van der Waals surface area (Å²) in [5.74, 6) is -1.15. The number of rotatable bonds is 8. The standard InChI is InChI=1S/C16H16F3N7O4/c1-9-14(25-30-24-9)15(28)21-5-11-6-26-12(23-11)2-10(4-22-26)3-20-13(27)7-29-8-16(17,18)19/h2,4,6H,3,5,7-8H2,1H3,(H,20,27)(H,21,28). The van der Waals surface area contributed by atoms with Crippen molar-refractivity contribution in [3.05, 3.63) is 41.1 Å². The van der Waals surface area contributed by atoms with Gasteiger partial charge in [-0.1, -0.05) is 5.16 Å². The highest BCUT2D eigenvalue weighted by Crippen LogP contribution is 2.14. The van der Waals surface area contributed by atoms with E-state index in [1.54, 1.807) is 19.2 Å². The number of aryl methyl sites for hydroxylation is 1. The summed E-state index contributed by atoms with van der Waals surface area (Å²) in [6, 6.07) is 1.64. The first-order valence-corrected chi connectivity index (χ1v) is 8.53. The zero-order valence-electron chi connectivity index (χ0n) is 15.6. The first-order chi connectivity index (χ1) is 14.2. The number of carbonyl (C=O) groups excluding carboxylic acids is 2. The second-order valence-corrected chi connectivity index (χ2v) is 6.16. The van der Waals surface area contributed by atoms with Crippen LogP contribution in [0.2, 0.25) is 0 Å². The number of alkyl halides is 3.